The molecule has 0 aromatic heterocycles. The van der Waals surface area contributed by atoms with Gasteiger partial charge in [-0.3, -0.25) is 14.4 Å². The maximum Gasteiger partial charge on any atom is 0.246 e. The van der Waals surface area contributed by atoms with Crippen molar-refractivity contribution in [3.63, 3.8) is 0 Å². The summed E-state index contributed by atoms with van der Waals surface area (Å²) in [6, 6.07) is 6.24. The zero-order chi connectivity index (χ0) is 19.4. The third-order valence-corrected chi connectivity index (χ3v) is 4.92. The number of nitrogens with zero attached hydrogens (tertiary/aromatic N) is 2. The molecule has 26 heavy (non-hydrogen) atoms. The minimum atomic E-state index is -0.630. The van der Waals surface area contributed by atoms with Gasteiger partial charge in [-0.05, 0) is 25.0 Å². The SMILES string of the molecule is CCC(C)C(N)C(=O)N(C)CC(=O)N1c2ccccc2NC(=O)CC1C. The van der Waals surface area contributed by atoms with E-state index in [2.05, 4.69) is 5.32 Å². The van der Waals surface area contributed by atoms with Crippen molar-refractivity contribution in [3.05, 3.63) is 24.3 Å². The zero-order valence-electron chi connectivity index (χ0n) is 15.9. The quantitative estimate of drug-likeness (QED) is 0.833. The highest BCUT2D eigenvalue weighted by Crippen LogP contribution is 2.31. The molecule has 0 bridgehead atoms. The van der Waals surface area contributed by atoms with E-state index < -0.39 is 6.04 Å². The molecule has 0 saturated heterocycles. The molecule has 2 rings (SSSR count). The molecule has 1 aliphatic rings. The van der Waals surface area contributed by atoms with Crippen LogP contribution >= 0.6 is 0 Å². The first-order valence-corrected chi connectivity index (χ1v) is 8.97. The van der Waals surface area contributed by atoms with E-state index >= 15 is 0 Å². The molecule has 0 spiro atoms. The summed E-state index contributed by atoms with van der Waals surface area (Å²) in [4.78, 5) is 40.4. The summed E-state index contributed by atoms with van der Waals surface area (Å²) in [5.41, 5.74) is 7.24. The van der Waals surface area contributed by atoms with Gasteiger partial charge < -0.3 is 20.9 Å². The number of benzene rings is 1. The van der Waals surface area contributed by atoms with Crippen LogP contribution in [0.15, 0.2) is 24.3 Å². The lowest BCUT2D eigenvalue weighted by Gasteiger charge is -2.31. The van der Waals surface area contributed by atoms with Crippen LogP contribution in [0.4, 0.5) is 11.4 Å². The molecule has 0 saturated carbocycles. The Labute approximate surface area is 154 Å². The molecule has 1 aromatic carbocycles. The topological polar surface area (TPSA) is 95.7 Å². The molecule has 0 radical (unpaired) electrons. The predicted molar refractivity (Wildman–Crippen MR) is 102 cm³/mol. The van der Waals surface area contributed by atoms with Gasteiger partial charge in [-0.15, -0.1) is 0 Å². The lowest BCUT2D eigenvalue weighted by atomic mass is 9.99. The third kappa shape index (κ3) is 4.22. The number of fused-ring (bicyclic) bond motifs is 1. The van der Waals surface area contributed by atoms with Gasteiger partial charge in [0.05, 0.1) is 24.0 Å². The lowest BCUT2D eigenvalue weighted by molar-refractivity contribution is -0.136. The van der Waals surface area contributed by atoms with Crippen LogP contribution in [0.25, 0.3) is 0 Å². The fraction of sp³-hybridized carbons (Fsp3) is 0.526. The van der Waals surface area contributed by atoms with Crippen molar-refractivity contribution in [2.24, 2.45) is 11.7 Å². The monoisotopic (exact) mass is 360 g/mol. The Balaban J connectivity index is 2.20. The fourth-order valence-corrected chi connectivity index (χ4v) is 3.08. The molecule has 3 N–H and O–H groups in total. The summed E-state index contributed by atoms with van der Waals surface area (Å²) in [5.74, 6) is -0.588. The summed E-state index contributed by atoms with van der Waals surface area (Å²) >= 11 is 0. The van der Waals surface area contributed by atoms with Crippen molar-refractivity contribution >= 4 is 29.1 Å². The van der Waals surface area contributed by atoms with Crippen molar-refractivity contribution in [1.29, 1.82) is 0 Å². The van der Waals surface area contributed by atoms with Gasteiger partial charge in [0.15, 0.2) is 0 Å². The highest BCUT2D eigenvalue weighted by Gasteiger charge is 2.31. The number of nitrogens with one attached hydrogen (secondary N) is 1. The normalized spacial score (nSPS) is 19.0. The Morgan fingerprint density at radius 1 is 1.38 bits per heavy atom. The van der Waals surface area contributed by atoms with Crippen molar-refractivity contribution < 1.29 is 14.4 Å². The van der Waals surface area contributed by atoms with Gasteiger partial charge in [0.25, 0.3) is 0 Å². The van der Waals surface area contributed by atoms with Crippen LogP contribution < -0.4 is 16.0 Å². The molecule has 3 unspecified atom stereocenters. The van der Waals surface area contributed by atoms with Crippen LogP contribution in [0.5, 0.6) is 0 Å². The van der Waals surface area contributed by atoms with E-state index in [4.69, 9.17) is 5.73 Å². The molecule has 0 fully saturated rings. The minimum absolute atomic E-state index is 0.0414. The molecule has 3 amide bonds. The first kappa shape index (κ1) is 19.9. The summed E-state index contributed by atoms with van der Waals surface area (Å²) in [6.45, 7) is 5.63. The van der Waals surface area contributed by atoms with Gasteiger partial charge in [-0.25, -0.2) is 0 Å². The Bertz CT molecular complexity index is 691. The minimum Gasteiger partial charge on any atom is -0.335 e. The average molecular weight is 360 g/mol. The summed E-state index contributed by atoms with van der Waals surface area (Å²) in [7, 11) is 1.58. The average Bonchev–Trinajstić information content (AvgIpc) is 2.73. The highest BCUT2D eigenvalue weighted by atomic mass is 16.2. The number of hydrogen-bond donors (Lipinski definition) is 2. The number of likely N-dealkylation sites (N-methyl/N-ethyl adjacent to an activating group) is 1. The molecule has 7 nitrogen and oxygen atoms in total. The van der Waals surface area contributed by atoms with Crippen molar-refractivity contribution in [2.45, 2.75) is 45.7 Å². The van der Waals surface area contributed by atoms with Crippen molar-refractivity contribution in [1.82, 2.24) is 4.90 Å². The van der Waals surface area contributed by atoms with E-state index in [9.17, 15) is 14.4 Å². The number of anilines is 2. The van der Waals surface area contributed by atoms with E-state index in [1.54, 1.807) is 30.1 Å². The van der Waals surface area contributed by atoms with Crippen LogP contribution in [0.2, 0.25) is 0 Å². The standard InChI is InChI=1S/C19H28N4O3/c1-5-12(2)18(20)19(26)22(4)11-17(25)23-13(3)10-16(24)21-14-8-6-7-9-15(14)23/h6-9,12-13,18H,5,10-11,20H2,1-4H3,(H,21,24). The Hall–Kier alpha value is -2.41. The molecule has 142 valence electrons. The first-order valence-electron chi connectivity index (χ1n) is 8.97. The second-order valence-electron chi connectivity index (χ2n) is 6.99. The number of carbonyl (C=O) groups is 3. The molecule has 1 aromatic rings. The number of carbonyl (C=O) groups excluding carboxylic acids is 3. The van der Waals surface area contributed by atoms with Gasteiger partial charge >= 0.3 is 0 Å². The lowest BCUT2D eigenvalue weighted by Crippen LogP contribution is -2.50. The van der Waals surface area contributed by atoms with Gasteiger partial charge in [-0.1, -0.05) is 32.4 Å². The highest BCUT2D eigenvalue weighted by molar-refractivity contribution is 6.05. The maximum atomic E-state index is 13.0. The second-order valence-corrected chi connectivity index (χ2v) is 6.99. The summed E-state index contributed by atoms with van der Waals surface area (Å²) in [5, 5.41) is 2.82. The first-order chi connectivity index (χ1) is 12.3. The van der Waals surface area contributed by atoms with E-state index in [1.807, 2.05) is 26.8 Å². The van der Waals surface area contributed by atoms with Gasteiger partial charge in [0.1, 0.15) is 0 Å². The second kappa shape index (κ2) is 8.31. The number of hydrogen-bond acceptors (Lipinski definition) is 4. The molecular weight excluding hydrogens is 332 g/mol. The van der Waals surface area contributed by atoms with Gasteiger partial charge in [-0.2, -0.15) is 0 Å². The number of amides is 3. The fourth-order valence-electron chi connectivity index (χ4n) is 3.08. The van der Waals surface area contributed by atoms with Crippen molar-refractivity contribution in [2.75, 3.05) is 23.8 Å². The predicted octanol–water partition coefficient (Wildman–Crippen LogP) is 1.58. The maximum absolute atomic E-state index is 13.0. The third-order valence-electron chi connectivity index (χ3n) is 4.92. The van der Waals surface area contributed by atoms with Crippen LogP contribution in [-0.2, 0) is 14.4 Å². The molecular formula is C19H28N4O3. The Morgan fingerprint density at radius 2 is 2.04 bits per heavy atom. The smallest absolute Gasteiger partial charge is 0.246 e. The van der Waals surface area contributed by atoms with Gasteiger partial charge in [0.2, 0.25) is 17.7 Å². The molecule has 3 atom stereocenters. The Morgan fingerprint density at radius 3 is 2.69 bits per heavy atom. The number of nitrogens with two attached hydrogens (primary N) is 1. The largest absolute Gasteiger partial charge is 0.335 e. The molecule has 7 heteroatoms. The van der Waals surface area contributed by atoms with Crippen LogP contribution in [-0.4, -0.2) is 48.3 Å². The van der Waals surface area contributed by atoms with Crippen LogP contribution in [0.1, 0.15) is 33.6 Å². The van der Waals surface area contributed by atoms with E-state index in [0.717, 1.165) is 6.42 Å². The number of rotatable bonds is 5. The molecule has 1 heterocycles. The molecule has 0 aliphatic carbocycles. The van der Waals surface area contributed by atoms with Crippen LogP contribution in [0, 0.1) is 5.92 Å². The Kier molecular flexibility index (Phi) is 6.37. The van der Waals surface area contributed by atoms with Gasteiger partial charge in [0, 0.05) is 19.5 Å². The van der Waals surface area contributed by atoms with E-state index in [-0.39, 0.29) is 42.6 Å². The summed E-state index contributed by atoms with van der Waals surface area (Å²) < 4.78 is 0. The zero-order valence-corrected chi connectivity index (χ0v) is 15.9. The van der Waals surface area contributed by atoms with Crippen LogP contribution in [0.3, 0.4) is 0 Å². The van der Waals surface area contributed by atoms with Crippen molar-refractivity contribution in [3.8, 4) is 0 Å². The number of para-hydroxylation sites is 2. The molecule has 1 aliphatic heterocycles. The van der Waals surface area contributed by atoms with E-state index in [0.29, 0.717) is 11.4 Å². The summed E-state index contributed by atoms with van der Waals surface area (Å²) in [6.07, 6.45) is 0.990. The van der Waals surface area contributed by atoms with E-state index in [1.165, 1.54) is 4.90 Å².